The van der Waals surface area contributed by atoms with Crippen LogP contribution in [0.2, 0.25) is 0 Å². The number of halogens is 20. The molecule has 0 radical (unpaired) electrons. The van der Waals surface area contributed by atoms with Crippen molar-refractivity contribution in [1.82, 2.24) is 0 Å². The Morgan fingerprint density at radius 2 is 0.733 bits per heavy atom. The maximum Gasteiger partial charge on any atom is 0.453 e. The zero-order valence-corrected chi connectivity index (χ0v) is 29.0. The van der Waals surface area contributed by atoms with Gasteiger partial charge in [0.1, 0.15) is 6.61 Å². The highest BCUT2D eigenvalue weighted by Crippen LogP contribution is 2.51. The number of ether oxygens (including phenoxy) is 6. The van der Waals surface area contributed by atoms with Crippen LogP contribution in [0.3, 0.4) is 0 Å². The summed E-state index contributed by atoms with van der Waals surface area (Å²) in [6.45, 7) is -4.35. The molecule has 0 amide bonds. The fourth-order valence-electron chi connectivity index (χ4n) is 2.28. The third kappa shape index (κ3) is 18.7. The summed E-state index contributed by atoms with van der Waals surface area (Å²) < 4.78 is 281. The fraction of sp³-hybridized carbons (Fsp3) is 0.571. The predicted octanol–water partition coefficient (Wildman–Crippen LogP) is 7.30. The summed E-state index contributed by atoms with van der Waals surface area (Å²) in [4.78, 5) is 44.9. The number of hydrogen-bond acceptors (Lipinski definition) is 12. The van der Waals surface area contributed by atoms with Crippen molar-refractivity contribution >= 4 is 23.9 Å². The van der Waals surface area contributed by atoms with E-state index in [0.717, 1.165) is 12.2 Å². The van der Waals surface area contributed by atoms with Crippen LogP contribution >= 0.6 is 0 Å². The molecule has 12 nitrogen and oxygen atoms in total. The first kappa shape index (κ1) is 59.6. The summed E-state index contributed by atoms with van der Waals surface area (Å²) in [6.07, 6.45) is -18.4. The van der Waals surface area contributed by atoms with Gasteiger partial charge in [0.15, 0.2) is 39.8 Å². The summed E-state index contributed by atoms with van der Waals surface area (Å²) in [5.41, 5.74) is 0. The zero-order chi connectivity index (χ0) is 48.2. The predicted molar refractivity (Wildman–Crippen MR) is 150 cm³/mol. The Labute approximate surface area is 321 Å². The molecule has 0 bridgehead atoms. The molecular weight excluding hydrogens is 908 g/mol. The molecule has 0 rings (SSSR count). The van der Waals surface area contributed by atoms with Crippen molar-refractivity contribution < 1.29 is 146 Å². The van der Waals surface area contributed by atoms with Gasteiger partial charge in [-0.3, -0.25) is 4.74 Å². The van der Waals surface area contributed by atoms with E-state index in [1.165, 1.54) is 4.94 Å². The van der Waals surface area contributed by atoms with E-state index in [1.54, 1.807) is 4.94 Å². The Balaban J connectivity index is -0.00000119. The van der Waals surface area contributed by atoms with Gasteiger partial charge in [0.2, 0.25) is 0 Å². The van der Waals surface area contributed by atoms with Gasteiger partial charge >= 0.3 is 77.6 Å². The monoisotopic (exact) mass is 934 g/mol. The van der Waals surface area contributed by atoms with E-state index in [0.29, 0.717) is 0 Å². The lowest BCUT2D eigenvalue weighted by molar-refractivity contribution is -0.553. The molecule has 32 heteroatoms. The van der Waals surface area contributed by atoms with Gasteiger partial charge in [-0.1, -0.05) is 26.3 Å². The molecule has 0 spiro atoms. The van der Waals surface area contributed by atoms with Crippen molar-refractivity contribution in [2.45, 2.75) is 53.7 Å². The second kappa shape index (κ2) is 23.9. The standard InChI is InChI=1S/C16H12F14O8.2C6H7F3O2/c1-3-8(31)33-5-10(17,18)14(23,24)35-7-12(21,13(22,37-29)16(27,28)38-30)36-15(25,26)11(19,20)6-34-9(32)4-2;2*1-2-5(10)11-4-6(8,9)3-7/h3-4H,1-2,5-7H2;2*2H,1,3-4H2. The Bertz CT molecular complexity index is 1410. The maximum atomic E-state index is 14.9. The molecule has 0 aromatic heterocycles. The van der Waals surface area contributed by atoms with Crippen molar-refractivity contribution in [1.29, 1.82) is 0 Å². The Morgan fingerprint density at radius 3 is 1.00 bits per heavy atom. The number of alkyl halides is 18. The highest BCUT2D eigenvalue weighted by molar-refractivity contribution is 5.82. The van der Waals surface area contributed by atoms with E-state index in [-0.39, 0.29) is 12.2 Å². The van der Waals surface area contributed by atoms with E-state index in [4.69, 9.17) is 0 Å². The van der Waals surface area contributed by atoms with E-state index in [1.807, 2.05) is 0 Å². The number of esters is 4. The Morgan fingerprint density at radius 1 is 0.433 bits per heavy atom. The average Bonchev–Trinajstić information content (AvgIpc) is 3.18. The number of carbonyl (C=O) groups excluding carboxylic acids is 4. The normalized spacial score (nSPS) is 14.5. The minimum atomic E-state index is -6.94. The first-order chi connectivity index (χ1) is 27.0. The molecule has 2 atom stereocenters. The van der Waals surface area contributed by atoms with Gasteiger partial charge in [0, 0.05) is 24.3 Å². The van der Waals surface area contributed by atoms with Crippen LogP contribution in [0, 0.1) is 0 Å². The summed E-state index contributed by atoms with van der Waals surface area (Å²) in [5, 5.41) is 0. The lowest BCUT2D eigenvalue weighted by atomic mass is 10.1. The highest BCUT2D eigenvalue weighted by atomic mass is 19.4. The lowest BCUT2D eigenvalue weighted by Crippen LogP contribution is -2.67. The fourth-order valence-corrected chi connectivity index (χ4v) is 2.28. The van der Waals surface area contributed by atoms with Crippen molar-refractivity contribution in [2.24, 2.45) is 0 Å². The molecule has 2 unspecified atom stereocenters. The highest BCUT2D eigenvalue weighted by Gasteiger charge is 2.80. The molecule has 0 aliphatic rings. The molecule has 60 heavy (non-hydrogen) atoms. The van der Waals surface area contributed by atoms with Gasteiger partial charge in [-0.25, -0.2) is 32.3 Å². The molecule has 0 heterocycles. The van der Waals surface area contributed by atoms with Gasteiger partial charge in [-0.2, -0.15) is 65.9 Å². The molecule has 0 aromatic rings. The topological polar surface area (TPSA) is 142 Å². The van der Waals surface area contributed by atoms with E-state index in [2.05, 4.69) is 54.7 Å². The quantitative estimate of drug-likeness (QED) is 0.0393. The molecule has 0 N–H and O–H groups in total. The van der Waals surface area contributed by atoms with E-state index >= 15 is 0 Å². The average molecular weight is 934 g/mol. The van der Waals surface area contributed by atoms with Crippen LogP contribution in [-0.2, 0) is 57.5 Å². The van der Waals surface area contributed by atoms with Gasteiger partial charge in [0.05, 0.1) is 0 Å². The molecule has 350 valence electrons. The van der Waals surface area contributed by atoms with Crippen molar-refractivity contribution in [3.05, 3.63) is 50.6 Å². The number of hydrogen-bond donors (Lipinski definition) is 0. The first-order valence-corrected chi connectivity index (χ1v) is 14.2. The van der Waals surface area contributed by atoms with Gasteiger partial charge in [-0.05, 0) is 9.05 Å². The summed E-state index contributed by atoms with van der Waals surface area (Å²) in [5.74, 6) is -38.4. The first-order valence-electron chi connectivity index (χ1n) is 14.2. The van der Waals surface area contributed by atoms with E-state index < -0.39 is 124 Å². The minimum absolute atomic E-state index is 0.0830. The zero-order valence-electron chi connectivity index (χ0n) is 29.0. The molecule has 0 aromatic carbocycles. The number of rotatable bonds is 25. The van der Waals surface area contributed by atoms with Crippen molar-refractivity contribution in [3.63, 3.8) is 0 Å². The van der Waals surface area contributed by atoms with Crippen LogP contribution < -0.4 is 0 Å². The van der Waals surface area contributed by atoms with Crippen molar-refractivity contribution in [3.8, 4) is 0 Å². The van der Waals surface area contributed by atoms with Crippen LogP contribution in [0.4, 0.5) is 88.1 Å². The lowest BCUT2D eigenvalue weighted by Gasteiger charge is -2.40. The largest absolute Gasteiger partial charge is 0.456 e. The second-order valence-electron chi connectivity index (χ2n) is 10.1. The van der Waals surface area contributed by atoms with Crippen LogP contribution in [0.15, 0.2) is 50.6 Å². The van der Waals surface area contributed by atoms with Gasteiger partial charge in [-0.15, -0.1) is 9.88 Å². The molecule has 0 aliphatic carbocycles. The Kier molecular flexibility index (Phi) is 23.7. The number of carbonyl (C=O) groups is 4. The SMILES string of the molecule is C=CC(=O)OCC(F)(F)C(F)(F)OCC(F)(OC(F)(F)C(F)(F)COC(=O)C=C)C(F)(OF)C(F)(F)OF.C=CC(=O)OCC(F)(F)CF.C=CC(=O)OCC(F)(F)CF. The van der Waals surface area contributed by atoms with E-state index in [9.17, 15) is 107 Å². The maximum absolute atomic E-state index is 14.9. The molecule has 0 saturated carbocycles. The molecular formula is C28H26F20O12. The van der Waals surface area contributed by atoms with Crippen LogP contribution in [0.5, 0.6) is 0 Å². The third-order valence-corrected chi connectivity index (χ3v) is 5.34. The molecule has 0 fully saturated rings. The summed E-state index contributed by atoms with van der Waals surface area (Å²) in [6, 6.07) is 0. The van der Waals surface area contributed by atoms with Crippen molar-refractivity contribution in [2.75, 3.05) is 46.4 Å². The van der Waals surface area contributed by atoms with Crippen LogP contribution in [-0.4, -0.2) is 124 Å². The third-order valence-electron chi connectivity index (χ3n) is 5.34. The van der Waals surface area contributed by atoms with Gasteiger partial charge < -0.3 is 23.7 Å². The summed E-state index contributed by atoms with van der Waals surface area (Å²) >= 11 is 0. The van der Waals surface area contributed by atoms with Crippen LogP contribution in [0.25, 0.3) is 0 Å². The second-order valence-corrected chi connectivity index (χ2v) is 10.1. The summed E-state index contributed by atoms with van der Waals surface area (Å²) in [7, 11) is 0. The van der Waals surface area contributed by atoms with Gasteiger partial charge in [0.25, 0.3) is 0 Å². The molecule has 0 saturated heterocycles. The molecule has 0 aliphatic heterocycles. The van der Waals surface area contributed by atoms with Crippen LogP contribution in [0.1, 0.15) is 0 Å². The smallest absolute Gasteiger partial charge is 0.453 e. The Hall–Kier alpha value is -4.72. The minimum Gasteiger partial charge on any atom is -0.456 e.